The molecule has 1 aromatic carbocycles. The molecule has 0 heterocycles. The van der Waals surface area contributed by atoms with Crippen molar-refractivity contribution in [3.05, 3.63) is 29.8 Å². The highest BCUT2D eigenvalue weighted by Crippen LogP contribution is 2.18. The molecule has 0 aliphatic carbocycles. The van der Waals surface area contributed by atoms with Crippen LogP contribution in [-0.4, -0.2) is 19.7 Å². The van der Waals surface area contributed by atoms with Gasteiger partial charge in [0, 0.05) is 12.6 Å². The summed E-state index contributed by atoms with van der Waals surface area (Å²) in [5.41, 5.74) is 6.83. The lowest BCUT2D eigenvalue weighted by atomic mass is 10.1. The Morgan fingerprint density at radius 2 is 2.35 bits per heavy atom. The van der Waals surface area contributed by atoms with Crippen LogP contribution < -0.4 is 15.8 Å². The number of nitrogens with one attached hydrogen (secondary N) is 1. The Hall–Kier alpha value is -1.50. The first-order valence-corrected chi connectivity index (χ1v) is 5.91. The molecule has 1 unspecified atom stereocenters. The highest BCUT2D eigenvalue weighted by molar-refractivity contribution is 5.31. The van der Waals surface area contributed by atoms with Gasteiger partial charge in [0.2, 0.25) is 0 Å². The van der Waals surface area contributed by atoms with Gasteiger partial charge in [0.15, 0.2) is 0 Å². The molecule has 3 N–H and O–H groups in total. The van der Waals surface area contributed by atoms with Crippen LogP contribution >= 0.6 is 0 Å². The van der Waals surface area contributed by atoms with Gasteiger partial charge < -0.3 is 10.5 Å². The summed E-state index contributed by atoms with van der Waals surface area (Å²) < 4.78 is 5.59. The molecule has 0 bridgehead atoms. The first-order chi connectivity index (χ1) is 8.31. The summed E-state index contributed by atoms with van der Waals surface area (Å²) in [5.74, 6) is 3.43. The number of terminal acetylenes is 1. The third-order valence-electron chi connectivity index (χ3n) is 2.42. The molecule has 1 aromatic rings. The summed E-state index contributed by atoms with van der Waals surface area (Å²) >= 11 is 0. The van der Waals surface area contributed by atoms with Gasteiger partial charge in [-0.15, -0.1) is 6.42 Å². The summed E-state index contributed by atoms with van der Waals surface area (Å²) in [6.07, 6.45) is 6.23. The largest absolute Gasteiger partial charge is 0.494 e. The van der Waals surface area contributed by atoms with Crippen molar-refractivity contribution in [1.29, 1.82) is 0 Å². The van der Waals surface area contributed by atoms with Crippen LogP contribution in [0.5, 0.6) is 5.75 Å². The van der Waals surface area contributed by atoms with Crippen molar-refractivity contribution >= 4 is 0 Å². The Morgan fingerprint density at radius 3 is 3.00 bits per heavy atom. The molecule has 3 heteroatoms. The van der Waals surface area contributed by atoms with Gasteiger partial charge in [-0.1, -0.05) is 25.0 Å². The maximum atomic E-state index is 5.72. The SMILES string of the molecule is C#CCNC(CN)c1cccc(OCCC)c1. The average Bonchev–Trinajstić information content (AvgIpc) is 2.38. The van der Waals surface area contributed by atoms with Crippen LogP contribution in [0.4, 0.5) is 0 Å². The van der Waals surface area contributed by atoms with E-state index in [1.807, 2.05) is 24.3 Å². The van der Waals surface area contributed by atoms with Crippen LogP contribution in [0.25, 0.3) is 0 Å². The zero-order valence-corrected chi connectivity index (χ0v) is 10.3. The molecule has 17 heavy (non-hydrogen) atoms. The molecule has 0 aliphatic heterocycles. The predicted octanol–water partition coefficient (Wildman–Crippen LogP) is 1.70. The molecular weight excluding hydrogens is 212 g/mol. The summed E-state index contributed by atoms with van der Waals surface area (Å²) in [6.45, 7) is 3.84. The first kappa shape index (κ1) is 13.6. The Bertz CT molecular complexity index is 371. The van der Waals surface area contributed by atoms with Gasteiger partial charge in [0.1, 0.15) is 5.75 Å². The van der Waals surface area contributed by atoms with E-state index in [1.165, 1.54) is 0 Å². The normalized spacial score (nSPS) is 11.8. The molecule has 1 atom stereocenters. The molecule has 0 amide bonds. The van der Waals surface area contributed by atoms with E-state index in [2.05, 4.69) is 18.2 Å². The second-order valence-corrected chi connectivity index (χ2v) is 3.79. The number of ether oxygens (including phenoxy) is 1. The molecule has 0 saturated heterocycles. The fourth-order valence-electron chi connectivity index (χ4n) is 1.56. The lowest BCUT2D eigenvalue weighted by Gasteiger charge is -2.16. The quantitative estimate of drug-likeness (QED) is 0.703. The van der Waals surface area contributed by atoms with Gasteiger partial charge in [-0.05, 0) is 24.1 Å². The zero-order chi connectivity index (χ0) is 12.5. The van der Waals surface area contributed by atoms with E-state index < -0.39 is 0 Å². The standard InChI is InChI=1S/C14H20N2O/c1-3-8-16-14(11-15)12-6-5-7-13(10-12)17-9-4-2/h1,5-7,10,14,16H,4,8-9,11,15H2,2H3. The van der Waals surface area contributed by atoms with E-state index in [9.17, 15) is 0 Å². The lowest BCUT2D eigenvalue weighted by molar-refractivity contribution is 0.317. The summed E-state index contributed by atoms with van der Waals surface area (Å²) in [7, 11) is 0. The third-order valence-corrected chi connectivity index (χ3v) is 2.42. The maximum Gasteiger partial charge on any atom is 0.119 e. The Kier molecular flexibility index (Phi) is 6.16. The first-order valence-electron chi connectivity index (χ1n) is 5.91. The van der Waals surface area contributed by atoms with Crippen molar-refractivity contribution < 1.29 is 4.74 Å². The van der Waals surface area contributed by atoms with Crippen molar-refractivity contribution in [2.24, 2.45) is 5.73 Å². The summed E-state index contributed by atoms with van der Waals surface area (Å²) in [4.78, 5) is 0. The van der Waals surface area contributed by atoms with Crippen LogP contribution in [0.15, 0.2) is 24.3 Å². The molecule has 0 radical (unpaired) electrons. The van der Waals surface area contributed by atoms with Gasteiger partial charge in [-0.2, -0.15) is 0 Å². The van der Waals surface area contributed by atoms with E-state index in [0.29, 0.717) is 13.1 Å². The Morgan fingerprint density at radius 1 is 1.53 bits per heavy atom. The van der Waals surface area contributed by atoms with Crippen LogP contribution in [0.1, 0.15) is 24.9 Å². The van der Waals surface area contributed by atoms with Gasteiger partial charge in [0.05, 0.1) is 13.2 Å². The second kappa shape index (κ2) is 7.72. The van der Waals surface area contributed by atoms with Gasteiger partial charge in [-0.3, -0.25) is 5.32 Å². The fraction of sp³-hybridized carbons (Fsp3) is 0.429. The Labute approximate surface area is 103 Å². The highest BCUT2D eigenvalue weighted by Gasteiger charge is 2.08. The van der Waals surface area contributed by atoms with Gasteiger partial charge in [0.25, 0.3) is 0 Å². The molecule has 92 valence electrons. The van der Waals surface area contributed by atoms with Crippen molar-refractivity contribution in [2.75, 3.05) is 19.7 Å². The number of benzene rings is 1. The topological polar surface area (TPSA) is 47.3 Å². The molecule has 0 aromatic heterocycles. The van der Waals surface area contributed by atoms with Crippen LogP contribution in [0, 0.1) is 12.3 Å². The van der Waals surface area contributed by atoms with E-state index in [1.54, 1.807) is 0 Å². The van der Waals surface area contributed by atoms with Crippen LogP contribution in [0.2, 0.25) is 0 Å². The molecule has 1 rings (SSSR count). The molecular formula is C14H20N2O. The number of nitrogens with two attached hydrogens (primary N) is 1. The minimum absolute atomic E-state index is 0.0798. The number of hydrogen-bond donors (Lipinski definition) is 2. The number of hydrogen-bond acceptors (Lipinski definition) is 3. The predicted molar refractivity (Wildman–Crippen MR) is 70.9 cm³/mol. The third kappa shape index (κ3) is 4.48. The van der Waals surface area contributed by atoms with Crippen LogP contribution in [-0.2, 0) is 0 Å². The molecule has 0 saturated carbocycles. The number of rotatable bonds is 7. The van der Waals surface area contributed by atoms with E-state index in [4.69, 9.17) is 16.9 Å². The molecule has 3 nitrogen and oxygen atoms in total. The maximum absolute atomic E-state index is 5.72. The Balaban J connectivity index is 2.70. The monoisotopic (exact) mass is 232 g/mol. The summed E-state index contributed by atoms with van der Waals surface area (Å²) in [6, 6.07) is 8.04. The fourth-order valence-corrected chi connectivity index (χ4v) is 1.56. The minimum atomic E-state index is 0.0798. The van der Waals surface area contributed by atoms with Crippen molar-refractivity contribution in [2.45, 2.75) is 19.4 Å². The second-order valence-electron chi connectivity index (χ2n) is 3.79. The average molecular weight is 232 g/mol. The van der Waals surface area contributed by atoms with Crippen LogP contribution in [0.3, 0.4) is 0 Å². The smallest absolute Gasteiger partial charge is 0.119 e. The van der Waals surface area contributed by atoms with E-state index in [-0.39, 0.29) is 6.04 Å². The van der Waals surface area contributed by atoms with Gasteiger partial charge >= 0.3 is 0 Å². The molecule has 0 fully saturated rings. The molecule has 0 aliphatic rings. The molecule has 0 spiro atoms. The summed E-state index contributed by atoms with van der Waals surface area (Å²) in [5, 5.41) is 3.20. The van der Waals surface area contributed by atoms with E-state index >= 15 is 0 Å². The van der Waals surface area contributed by atoms with Crippen molar-refractivity contribution in [3.8, 4) is 18.1 Å². The van der Waals surface area contributed by atoms with Gasteiger partial charge in [-0.25, -0.2) is 0 Å². The lowest BCUT2D eigenvalue weighted by Crippen LogP contribution is -2.28. The van der Waals surface area contributed by atoms with Crippen molar-refractivity contribution in [3.63, 3.8) is 0 Å². The minimum Gasteiger partial charge on any atom is -0.494 e. The van der Waals surface area contributed by atoms with E-state index in [0.717, 1.165) is 24.3 Å². The zero-order valence-electron chi connectivity index (χ0n) is 10.3. The van der Waals surface area contributed by atoms with Crippen molar-refractivity contribution in [1.82, 2.24) is 5.32 Å². The highest BCUT2D eigenvalue weighted by atomic mass is 16.5.